The van der Waals surface area contributed by atoms with Gasteiger partial charge in [-0.2, -0.15) is 0 Å². The van der Waals surface area contributed by atoms with E-state index < -0.39 is 5.54 Å². The fraction of sp³-hybridized carbons (Fsp3) is 0.588. The van der Waals surface area contributed by atoms with Gasteiger partial charge in [0.25, 0.3) is 0 Å². The van der Waals surface area contributed by atoms with E-state index >= 15 is 0 Å². The molecule has 2 unspecified atom stereocenters. The maximum absolute atomic E-state index is 12.5. The average molecular weight is 291 g/mol. The van der Waals surface area contributed by atoms with E-state index in [0.29, 0.717) is 5.92 Å². The Kier molecular flexibility index (Phi) is 5.10. The monoisotopic (exact) mass is 291 g/mol. The predicted octanol–water partition coefficient (Wildman–Crippen LogP) is 3.62. The molecular formula is C17H25NO3. The third kappa shape index (κ3) is 3.14. The van der Waals surface area contributed by atoms with Gasteiger partial charge in [-0.1, -0.05) is 26.2 Å². The van der Waals surface area contributed by atoms with Crippen LogP contribution in [-0.2, 0) is 9.53 Å². The molecule has 0 aliphatic heterocycles. The maximum atomic E-state index is 12.5. The van der Waals surface area contributed by atoms with Crippen molar-refractivity contribution < 1.29 is 14.3 Å². The molecule has 1 aliphatic rings. The van der Waals surface area contributed by atoms with E-state index in [4.69, 9.17) is 9.47 Å². The summed E-state index contributed by atoms with van der Waals surface area (Å²) in [6.45, 7) is 2.14. The fourth-order valence-electron chi connectivity index (χ4n) is 3.40. The number of benzene rings is 1. The molecule has 0 radical (unpaired) electrons. The summed E-state index contributed by atoms with van der Waals surface area (Å²) in [7, 11) is 3.12. The highest BCUT2D eigenvalue weighted by Gasteiger charge is 2.47. The molecule has 1 aromatic rings. The first kappa shape index (κ1) is 15.7. The zero-order valence-electron chi connectivity index (χ0n) is 13.1. The second-order valence-electron chi connectivity index (χ2n) is 5.67. The van der Waals surface area contributed by atoms with Crippen molar-refractivity contribution in [2.24, 2.45) is 5.92 Å². The van der Waals surface area contributed by atoms with Gasteiger partial charge in [-0.3, -0.25) is 0 Å². The summed E-state index contributed by atoms with van der Waals surface area (Å²) in [5.74, 6) is 0.967. The largest absolute Gasteiger partial charge is 0.497 e. The Bertz CT molecular complexity index is 471. The number of carbonyl (C=O) groups excluding carboxylic acids is 1. The Morgan fingerprint density at radius 2 is 2.00 bits per heavy atom. The SMILES string of the molecule is CCC1CCCCC1(Nc1ccc(OC)cc1)C(=O)OC. The van der Waals surface area contributed by atoms with Crippen molar-refractivity contribution in [3.8, 4) is 5.75 Å². The molecule has 1 aromatic carbocycles. The third-order valence-corrected chi connectivity index (χ3v) is 4.57. The quantitative estimate of drug-likeness (QED) is 0.842. The molecule has 0 saturated heterocycles. The van der Waals surface area contributed by atoms with Gasteiger partial charge in [0.2, 0.25) is 0 Å². The van der Waals surface area contributed by atoms with E-state index in [0.717, 1.165) is 37.1 Å². The molecule has 1 saturated carbocycles. The van der Waals surface area contributed by atoms with Gasteiger partial charge in [0.15, 0.2) is 0 Å². The van der Waals surface area contributed by atoms with Crippen LogP contribution in [0.1, 0.15) is 39.0 Å². The summed E-state index contributed by atoms with van der Waals surface area (Å²) in [6, 6.07) is 7.70. The Hall–Kier alpha value is -1.71. The van der Waals surface area contributed by atoms with Crippen LogP contribution in [0.3, 0.4) is 0 Å². The zero-order valence-corrected chi connectivity index (χ0v) is 13.1. The van der Waals surface area contributed by atoms with Crippen molar-refractivity contribution in [3.63, 3.8) is 0 Å². The average Bonchev–Trinajstić information content (AvgIpc) is 2.55. The van der Waals surface area contributed by atoms with Crippen LogP contribution < -0.4 is 10.1 Å². The van der Waals surface area contributed by atoms with Gasteiger partial charge < -0.3 is 14.8 Å². The Morgan fingerprint density at radius 3 is 2.57 bits per heavy atom. The van der Waals surface area contributed by atoms with Gasteiger partial charge in [-0.25, -0.2) is 4.79 Å². The number of anilines is 1. The molecule has 4 nitrogen and oxygen atoms in total. The Morgan fingerprint density at radius 1 is 1.29 bits per heavy atom. The first-order chi connectivity index (χ1) is 10.2. The van der Waals surface area contributed by atoms with Crippen LogP contribution in [0, 0.1) is 5.92 Å². The maximum Gasteiger partial charge on any atom is 0.331 e. The minimum Gasteiger partial charge on any atom is -0.497 e. The first-order valence-electron chi connectivity index (χ1n) is 7.67. The minimum absolute atomic E-state index is 0.148. The number of carbonyl (C=O) groups is 1. The summed E-state index contributed by atoms with van der Waals surface area (Å²) < 4.78 is 10.3. The van der Waals surface area contributed by atoms with Gasteiger partial charge in [0, 0.05) is 5.69 Å². The van der Waals surface area contributed by atoms with E-state index in [1.807, 2.05) is 24.3 Å². The van der Waals surface area contributed by atoms with Crippen LogP contribution in [0.4, 0.5) is 5.69 Å². The van der Waals surface area contributed by atoms with Crippen LogP contribution in [0.2, 0.25) is 0 Å². The van der Waals surface area contributed by atoms with Crippen LogP contribution in [0.25, 0.3) is 0 Å². The van der Waals surface area contributed by atoms with Crippen molar-refractivity contribution in [1.82, 2.24) is 0 Å². The normalized spacial score (nSPS) is 25.2. The van der Waals surface area contributed by atoms with Crippen LogP contribution in [0.5, 0.6) is 5.75 Å². The molecule has 0 aromatic heterocycles. The molecule has 4 heteroatoms. The smallest absolute Gasteiger partial charge is 0.331 e. The van der Waals surface area contributed by atoms with E-state index in [1.54, 1.807) is 7.11 Å². The lowest BCUT2D eigenvalue weighted by Crippen LogP contribution is -2.54. The second kappa shape index (κ2) is 6.83. The van der Waals surface area contributed by atoms with Gasteiger partial charge in [0.1, 0.15) is 11.3 Å². The summed E-state index contributed by atoms with van der Waals surface area (Å²) in [6.07, 6.45) is 5.09. The fourth-order valence-corrected chi connectivity index (χ4v) is 3.40. The highest BCUT2D eigenvalue weighted by Crippen LogP contribution is 2.39. The highest BCUT2D eigenvalue weighted by atomic mass is 16.5. The van der Waals surface area contributed by atoms with Gasteiger partial charge in [0.05, 0.1) is 14.2 Å². The van der Waals surface area contributed by atoms with Crippen molar-refractivity contribution in [2.75, 3.05) is 19.5 Å². The standard InChI is InChI=1S/C17H25NO3/c1-4-13-7-5-6-12-17(13,16(19)21-3)18-14-8-10-15(20-2)11-9-14/h8-11,13,18H,4-7,12H2,1-3H3. The molecule has 1 aliphatic carbocycles. The molecule has 21 heavy (non-hydrogen) atoms. The van der Waals surface area contributed by atoms with Crippen LogP contribution >= 0.6 is 0 Å². The minimum atomic E-state index is -0.601. The molecule has 1 N–H and O–H groups in total. The van der Waals surface area contributed by atoms with E-state index in [-0.39, 0.29) is 5.97 Å². The zero-order chi connectivity index (χ0) is 15.3. The molecule has 1 fully saturated rings. The Balaban J connectivity index is 2.28. The first-order valence-corrected chi connectivity index (χ1v) is 7.67. The molecule has 0 heterocycles. The van der Waals surface area contributed by atoms with Crippen LogP contribution in [0.15, 0.2) is 24.3 Å². The molecule has 116 valence electrons. The van der Waals surface area contributed by atoms with Crippen molar-refractivity contribution in [1.29, 1.82) is 0 Å². The number of ether oxygens (including phenoxy) is 2. The number of methoxy groups -OCH3 is 2. The van der Waals surface area contributed by atoms with Crippen molar-refractivity contribution >= 4 is 11.7 Å². The second-order valence-corrected chi connectivity index (χ2v) is 5.67. The van der Waals surface area contributed by atoms with E-state index in [1.165, 1.54) is 13.5 Å². The number of hydrogen-bond donors (Lipinski definition) is 1. The van der Waals surface area contributed by atoms with Gasteiger partial charge in [-0.15, -0.1) is 0 Å². The Labute approximate surface area is 126 Å². The van der Waals surface area contributed by atoms with Crippen molar-refractivity contribution in [2.45, 2.75) is 44.6 Å². The molecule has 0 bridgehead atoms. The molecule has 2 atom stereocenters. The van der Waals surface area contributed by atoms with Gasteiger partial charge >= 0.3 is 5.97 Å². The summed E-state index contributed by atoms with van der Waals surface area (Å²) >= 11 is 0. The highest BCUT2D eigenvalue weighted by molar-refractivity contribution is 5.85. The molecule has 2 rings (SSSR count). The number of rotatable bonds is 5. The number of nitrogens with one attached hydrogen (secondary N) is 1. The van der Waals surface area contributed by atoms with Crippen molar-refractivity contribution in [3.05, 3.63) is 24.3 Å². The van der Waals surface area contributed by atoms with E-state index in [2.05, 4.69) is 12.2 Å². The molecule has 0 spiro atoms. The third-order valence-electron chi connectivity index (χ3n) is 4.57. The lowest BCUT2D eigenvalue weighted by Gasteiger charge is -2.42. The molecular weight excluding hydrogens is 266 g/mol. The predicted molar refractivity (Wildman–Crippen MR) is 83.6 cm³/mol. The lowest BCUT2D eigenvalue weighted by atomic mass is 9.71. The summed E-state index contributed by atoms with van der Waals surface area (Å²) in [5.41, 5.74) is 0.331. The van der Waals surface area contributed by atoms with Gasteiger partial charge in [-0.05, 0) is 43.0 Å². The van der Waals surface area contributed by atoms with Crippen LogP contribution in [-0.4, -0.2) is 25.7 Å². The number of hydrogen-bond acceptors (Lipinski definition) is 4. The summed E-state index contributed by atoms with van der Waals surface area (Å²) in [5, 5.41) is 3.47. The van der Waals surface area contributed by atoms with E-state index in [9.17, 15) is 4.79 Å². The topological polar surface area (TPSA) is 47.6 Å². The lowest BCUT2D eigenvalue weighted by molar-refractivity contribution is -0.149. The summed E-state index contributed by atoms with van der Waals surface area (Å²) in [4.78, 5) is 12.5. The molecule has 0 amide bonds. The number of esters is 1.